The first-order valence-electron chi connectivity index (χ1n) is 0.548. The first-order valence-corrected chi connectivity index (χ1v) is 3.67. The Morgan fingerprint density at radius 3 is 1.33 bits per heavy atom. The second-order valence-electron chi connectivity index (χ2n) is 0.224. The second kappa shape index (κ2) is 9.60. The summed E-state index contributed by atoms with van der Waals surface area (Å²) in [7, 11) is 0. The third-order valence-corrected chi connectivity index (χ3v) is 0. The van der Waals surface area contributed by atoms with Crippen LogP contribution in [0.2, 0.25) is 0 Å². The molecule has 32 valence electrons. The Hall–Kier alpha value is 1.34. The fourth-order valence-corrected chi connectivity index (χ4v) is 0. The fraction of sp³-hybridized carbons (Fsp3) is 0. The number of hydrogen-bond acceptors (Lipinski definition) is 3. The van der Waals surface area contributed by atoms with E-state index in [2.05, 4.69) is 0 Å². The van der Waals surface area contributed by atoms with Crippen LogP contribution in [0.3, 0.4) is 0 Å². The van der Waals surface area contributed by atoms with Gasteiger partial charge in [0.1, 0.15) is 0 Å². The van der Waals surface area contributed by atoms with Crippen LogP contribution in [0.25, 0.3) is 0 Å². The molecule has 0 atom stereocenters. The van der Waals surface area contributed by atoms with Crippen LogP contribution in [0, 0.1) is 0 Å². The van der Waals surface area contributed by atoms with E-state index in [9.17, 15) is 0 Å². The van der Waals surface area contributed by atoms with Crippen LogP contribution in [0.4, 0.5) is 0 Å². The molecule has 0 aromatic carbocycles. The van der Waals surface area contributed by atoms with Crippen molar-refractivity contribution in [3.8, 4) is 0 Å². The van der Waals surface area contributed by atoms with E-state index in [1.807, 2.05) is 0 Å². The van der Waals surface area contributed by atoms with Crippen LogP contribution in [0.1, 0.15) is 0 Å². The topological polar surface area (TPSA) is 88.7 Å². The molecular formula is H2NaO4Sb. The van der Waals surface area contributed by atoms with Gasteiger partial charge in [0, 0.05) is 0 Å². The van der Waals surface area contributed by atoms with E-state index in [0.717, 1.165) is 0 Å². The van der Waals surface area contributed by atoms with Crippen molar-refractivity contribution in [2.75, 3.05) is 0 Å². The predicted octanol–water partition coefficient (Wildman–Crippen LogP) is -5.63. The standard InChI is InChI=1S/Na.H2O.3O.Sb/h;1H2;;;;/q+1;;;;-1;. The Bertz CT molecular complexity index is 55.9. The molecule has 0 aromatic rings. The fourth-order valence-electron chi connectivity index (χ4n) is 0. The van der Waals surface area contributed by atoms with Gasteiger partial charge in [-0.25, -0.2) is 0 Å². The van der Waals surface area contributed by atoms with Gasteiger partial charge in [0.05, 0.1) is 0 Å². The zero-order chi connectivity index (χ0) is 3.58. The molecule has 6 heavy (non-hydrogen) atoms. The van der Waals surface area contributed by atoms with Crippen molar-refractivity contribution in [2.24, 2.45) is 0 Å². The maximum atomic E-state index is 8.60. The predicted molar refractivity (Wildman–Crippen MR) is 10.7 cm³/mol. The van der Waals surface area contributed by atoms with Crippen molar-refractivity contribution in [1.29, 1.82) is 0 Å². The second-order valence-corrected chi connectivity index (χ2v) is 1.50. The van der Waals surface area contributed by atoms with Gasteiger partial charge in [0.15, 0.2) is 0 Å². The summed E-state index contributed by atoms with van der Waals surface area (Å²) in [6, 6.07) is 0. The quantitative estimate of drug-likeness (QED) is 0.374. The van der Waals surface area contributed by atoms with Gasteiger partial charge in [-0.05, 0) is 0 Å². The maximum absolute atomic E-state index is 8.60. The Morgan fingerprint density at radius 1 is 1.33 bits per heavy atom. The molecule has 0 radical (unpaired) electrons. The van der Waals surface area contributed by atoms with Crippen molar-refractivity contribution in [2.45, 2.75) is 0 Å². The van der Waals surface area contributed by atoms with Gasteiger partial charge in [-0.15, -0.1) is 0 Å². The van der Waals surface area contributed by atoms with Gasteiger partial charge in [0.25, 0.3) is 0 Å². The molecular weight excluding hydrogens is 209 g/mol. The summed E-state index contributed by atoms with van der Waals surface area (Å²) in [5.74, 6) is 0. The third-order valence-electron chi connectivity index (χ3n) is 0. The Labute approximate surface area is 64.4 Å². The van der Waals surface area contributed by atoms with Crippen molar-refractivity contribution >= 4 is 20.6 Å². The molecule has 6 heteroatoms. The average Bonchev–Trinajstić information content (AvgIpc) is 0.811. The normalized spacial score (nSPS) is 4.17. The van der Waals surface area contributed by atoms with Crippen LogP contribution in [0.15, 0.2) is 0 Å². The molecule has 0 heterocycles. The first-order chi connectivity index (χ1) is 1.73. The van der Waals surface area contributed by atoms with Crippen molar-refractivity contribution < 1.29 is 44.5 Å². The van der Waals surface area contributed by atoms with Gasteiger partial charge in [-0.2, -0.15) is 0 Å². The molecule has 0 unspecified atom stereocenters. The Balaban J connectivity index is -0.0000000450. The van der Waals surface area contributed by atoms with E-state index in [4.69, 9.17) is 9.42 Å². The van der Waals surface area contributed by atoms with E-state index in [0.29, 0.717) is 0 Å². The van der Waals surface area contributed by atoms with Crippen LogP contribution in [-0.2, 0) is 6.03 Å². The first kappa shape index (κ1) is 15.7. The molecule has 0 saturated heterocycles. The summed E-state index contributed by atoms with van der Waals surface area (Å²) in [5.41, 5.74) is 0. The zero-order valence-corrected chi connectivity index (χ0v) is 7.72. The average molecular weight is 211 g/mol. The van der Waals surface area contributed by atoms with E-state index < -0.39 is 20.6 Å². The van der Waals surface area contributed by atoms with Crippen LogP contribution in [0.5, 0.6) is 0 Å². The van der Waals surface area contributed by atoms with E-state index >= 15 is 0 Å². The Morgan fingerprint density at radius 2 is 1.33 bits per heavy atom. The molecule has 0 amide bonds. The van der Waals surface area contributed by atoms with E-state index in [1.54, 1.807) is 0 Å². The van der Waals surface area contributed by atoms with Crippen molar-refractivity contribution in [3.63, 3.8) is 0 Å². The molecule has 0 spiro atoms. The molecule has 2 N–H and O–H groups in total. The molecule has 0 bridgehead atoms. The summed E-state index contributed by atoms with van der Waals surface area (Å²) < 4.78 is 25.8. The molecule has 0 aliphatic heterocycles. The van der Waals surface area contributed by atoms with Crippen molar-refractivity contribution in [3.05, 3.63) is 0 Å². The monoisotopic (exact) mass is 210 g/mol. The molecule has 4 nitrogen and oxygen atoms in total. The summed E-state index contributed by atoms with van der Waals surface area (Å²) in [5, 5.41) is 0. The summed E-state index contributed by atoms with van der Waals surface area (Å²) in [4.78, 5) is 0. The molecule has 0 aromatic heterocycles. The SMILES string of the molecule is O.[Na+].[O]=[Sb](=[O])[O-]. The van der Waals surface area contributed by atoms with Gasteiger partial charge < -0.3 is 5.48 Å². The minimum atomic E-state index is -4.20. The van der Waals surface area contributed by atoms with Gasteiger partial charge in [-0.3, -0.25) is 0 Å². The Kier molecular flexibility index (Phi) is 25.1. The number of rotatable bonds is 0. The van der Waals surface area contributed by atoms with Gasteiger partial charge >= 0.3 is 59.6 Å². The summed E-state index contributed by atoms with van der Waals surface area (Å²) in [6.45, 7) is 0. The summed E-state index contributed by atoms with van der Waals surface area (Å²) in [6.07, 6.45) is 0. The third kappa shape index (κ3) is 56.1. The van der Waals surface area contributed by atoms with E-state index in [-0.39, 0.29) is 35.0 Å². The molecule has 0 aliphatic carbocycles. The van der Waals surface area contributed by atoms with Crippen molar-refractivity contribution in [1.82, 2.24) is 0 Å². The number of hydrogen-bond donors (Lipinski definition) is 0. The van der Waals surface area contributed by atoms with Crippen LogP contribution in [-0.4, -0.2) is 26.1 Å². The zero-order valence-electron chi connectivity index (χ0n) is 3.17. The molecule has 0 saturated carbocycles. The van der Waals surface area contributed by atoms with Crippen LogP contribution >= 0.6 is 0 Å². The van der Waals surface area contributed by atoms with Gasteiger partial charge in [-0.1, -0.05) is 0 Å². The minimum absolute atomic E-state index is 0. The van der Waals surface area contributed by atoms with E-state index in [1.165, 1.54) is 0 Å². The van der Waals surface area contributed by atoms with Gasteiger partial charge in [0.2, 0.25) is 0 Å². The molecule has 0 aliphatic rings. The van der Waals surface area contributed by atoms with Crippen LogP contribution < -0.4 is 32.9 Å². The molecule has 0 rings (SSSR count). The summed E-state index contributed by atoms with van der Waals surface area (Å²) >= 11 is -4.20. The molecule has 0 fully saturated rings.